The molecule has 0 spiro atoms. The molecule has 1 aliphatic rings. The summed E-state index contributed by atoms with van der Waals surface area (Å²) in [5.41, 5.74) is 2.60. The number of hydrogen-bond donors (Lipinski definition) is 1. The van der Waals surface area contributed by atoms with Crippen LogP contribution in [-0.2, 0) is 13.0 Å². The molecule has 34 heavy (non-hydrogen) atoms. The number of methoxy groups -OCH3 is 1. The number of ether oxygens (including phenoxy) is 1. The van der Waals surface area contributed by atoms with Crippen molar-refractivity contribution in [3.63, 3.8) is 0 Å². The SMILES string of the molecule is COc1ccc2ncc(C#N)c(CCN3CCC(NCc4cc([N+](=O)[O-])ccc4F)CC3)c2c1. The quantitative estimate of drug-likeness (QED) is 0.398. The number of nitro benzene ring substituents is 1. The lowest BCUT2D eigenvalue weighted by Gasteiger charge is -2.32. The van der Waals surface area contributed by atoms with Gasteiger partial charge in [0.1, 0.15) is 17.6 Å². The predicted molar refractivity (Wildman–Crippen MR) is 126 cm³/mol. The van der Waals surface area contributed by atoms with Crippen molar-refractivity contribution in [2.45, 2.75) is 31.8 Å². The van der Waals surface area contributed by atoms with Gasteiger partial charge in [0, 0.05) is 48.4 Å². The maximum atomic E-state index is 14.0. The van der Waals surface area contributed by atoms with Crippen LogP contribution in [0.3, 0.4) is 0 Å². The number of nitro groups is 1. The molecular weight excluding hydrogens is 437 g/mol. The van der Waals surface area contributed by atoms with Gasteiger partial charge in [-0.25, -0.2) is 4.39 Å². The van der Waals surface area contributed by atoms with Gasteiger partial charge in [0.05, 0.1) is 23.1 Å². The van der Waals surface area contributed by atoms with Crippen LogP contribution in [0.5, 0.6) is 5.75 Å². The van der Waals surface area contributed by atoms with E-state index in [9.17, 15) is 19.8 Å². The third-order valence-electron chi connectivity index (χ3n) is 6.39. The first-order valence-electron chi connectivity index (χ1n) is 11.2. The molecule has 1 fully saturated rings. The summed E-state index contributed by atoms with van der Waals surface area (Å²) in [4.78, 5) is 17.2. The highest BCUT2D eigenvalue weighted by atomic mass is 19.1. The van der Waals surface area contributed by atoms with Crippen molar-refractivity contribution in [3.05, 3.63) is 75.2 Å². The van der Waals surface area contributed by atoms with E-state index in [4.69, 9.17) is 4.74 Å². The summed E-state index contributed by atoms with van der Waals surface area (Å²) in [5.74, 6) is 0.294. The minimum atomic E-state index is -0.513. The fourth-order valence-electron chi connectivity index (χ4n) is 4.41. The Morgan fingerprint density at radius 1 is 1.29 bits per heavy atom. The molecule has 2 aromatic carbocycles. The molecule has 0 saturated carbocycles. The fourth-order valence-corrected chi connectivity index (χ4v) is 4.41. The molecule has 4 rings (SSSR count). The third kappa shape index (κ3) is 5.30. The molecule has 0 radical (unpaired) electrons. The molecule has 3 aromatic rings. The van der Waals surface area contributed by atoms with Crippen molar-refractivity contribution in [1.82, 2.24) is 15.2 Å². The smallest absolute Gasteiger partial charge is 0.269 e. The highest BCUT2D eigenvalue weighted by Crippen LogP contribution is 2.26. The number of benzene rings is 2. The van der Waals surface area contributed by atoms with E-state index >= 15 is 0 Å². The molecule has 1 saturated heterocycles. The fraction of sp³-hybridized carbons (Fsp3) is 0.360. The van der Waals surface area contributed by atoms with Crippen LogP contribution in [-0.4, -0.2) is 47.6 Å². The second kappa shape index (κ2) is 10.5. The Bertz CT molecular complexity index is 1240. The molecule has 1 N–H and O–H groups in total. The van der Waals surface area contributed by atoms with Crippen molar-refractivity contribution in [3.8, 4) is 11.8 Å². The largest absolute Gasteiger partial charge is 0.497 e. The van der Waals surface area contributed by atoms with Crippen molar-refractivity contribution >= 4 is 16.6 Å². The molecular formula is C25H26FN5O3. The lowest BCUT2D eigenvalue weighted by atomic mass is 9.99. The lowest BCUT2D eigenvalue weighted by Crippen LogP contribution is -2.43. The number of hydrogen-bond acceptors (Lipinski definition) is 7. The van der Waals surface area contributed by atoms with Crippen molar-refractivity contribution in [2.24, 2.45) is 0 Å². The first-order valence-corrected chi connectivity index (χ1v) is 11.2. The summed E-state index contributed by atoms with van der Waals surface area (Å²) < 4.78 is 19.4. The van der Waals surface area contributed by atoms with E-state index in [0.29, 0.717) is 11.1 Å². The number of pyridine rings is 1. The van der Waals surface area contributed by atoms with Crippen LogP contribution in [0.15, 0.2) is 42.6 Å². The molecule has 0 amide bonds. The Labute approximate surface area is 197 Å². The lowest BCUT2D eigenvalue weighted by molar-refractivity contribution is -0.385. The zero-order chi connectivity index (χ0) is 24.1. The normalized spacial score (nSPS) is 14.7. The summed E-state index contributed by atoms with van der Waals surface area (Å²) in [6, 6.07) is 11.8. The summed E-state index contributed by atoms with van der Waals surface area (Å²) >= 11 is 0. The first-order chi connectivity index (χ1) is 16.5. The van der Waals surface area contributed by atoms with Gasteiger partial charge in [-0.3, -0.25) is 15.1 Å². The summed E-state index contributed by atoms with van der Waals surface area (Å²) in [6.45, 7) is 2.83. The van der Waals surface area contributed by atoms with Crippen LogP contribution >= 0.6 is 0 Å². The van der Waals surface area contributed by atoms with E-state index in [2.05, 4.69) is 21.3 Å². The molecule has 0 aliphatic carbocycles. The Hall–Kier alpha value is -3.61. The number of halogens is 1. The zero-order valence-corrected chi connectivity index (χ0v) is 19.0. The summed E-state index contributed by atoms with van der Waals surface area (Å²) in [6.07, 6.45) is 4.15. The van der Waals surface area contributed by atoms with E-state index in [-0.39, 0.29) is 18.3 Å². The number of aromatic nitrogens is 1. The zero-order valence-electron chi connectivity index (χ0n) is 19.0. The Kier molecular flexibility index (Phi) is 7.30. The summed E-state index contributed by atoms with van der Waals surface area (Å²) in [7, 11) is 1.62. The molecule has 2 heterocycles. The third-order valence-corrected chi connectivity index (χ3v) is 6.39. The number of nitrogens with one attached hydrogen (secondary N) is 1. The summed E-state index contributed by atoms with van der Waals surface area (Å²) in [5, 5.41) is 24.8. The molecule has 0 unspecified atom stereocenters. The van der Waals surface area contributed by atoms with E-state index in [1.807, 2.05) is 18.2 Å². The molecule has 1 aliphatic heterocycles. The Morgan fingerprint density at radius 3 is 2.79 bits per heavy atom. The molecule has 0 atom stereocenters. The van der Waals surface area contributed by atoms with Crippen molar-refractivity contribution in [1.29, 1.82) is 5.26 Å². The van der Waals surface area contributed by atoms with Crippen LogP contribution in [0, 0.1) is 27.3 Å². The van der Waals surface area contributed by atoms with Crippen LogP contribution in [0.25, 0.3) is 10.9 Å². The predicted octanol–water partition coefficient (Wildman–Crippen LogP) is 3.96. The monoisotopic (exact) mass is 463 g/mol. The minimum Gasteiger partial charge on any atom is -0.497 e. The van der Waals surface area contributed by atoms with Gasteiger partial charge in [0.15, 0.2) is 0 Å². The van der Waals surface area contributed by atoms with Gasteiger partial charge in [-0.15, -0.1) is 0 Å². The number of fused-ring (bicyclic) bond motifs is 1. The number of likely N-dealkylation sites (tertiary alicyclic amines) is 1. The topological polar surface area (TPSA) is 104 Å². The molecule has 1 aromatic heterocycles. The maximum Gasteiger partial charge on any atom is 0.269 e. The van der Waals surface area contributed by atoms with Crippen LogP contribution in [0.4, 0.5) is 10.1 Å². The van der Waals surface area contributed by atoms with Crippen LogP contribution < -0.4 is 10.1 Å². The van der Waals surface area contributed by atoms with E-state index in [1.54, 1.807) is 13.3 Å². The average Bonchev–Trinajstić information content (AvgIpc) is 2.86. The van der Waals surface area contributed by atoms with Gasteiger partial charge in [0.25, 0.3) is 5.69 Å². The minimum absolute atomic E-state index is 0.106. The van der Waals surface area contributed by atoms with E-state index in [1.165, 1.54) is 12.1 Å². The van der Waals surface area contributed by atoms with Gasteiger partial charge < -0.3 is 15.0 Å². The van der Waals surface area contributed by atoms with Gasteiger partial charge in [-0.05, 0) is 62.2 Å². The molecule has 176 valence electrons. The number of rotatable bonds is 8. The van der Waals surface area contributed by atoms with E-state index < -0.39 is 10.7 Å². The number of non-ortho nitro benzene ring substituents is 1. The van der Waals surface area contributed by atoms with Crippen molar-refractivity contribution < 1.29 is 14.1 Å². The molecule has 8 nitrogen and oxygen atoms in total. The standard InChI is InChI=1S/C25H26FN5O3/c1-34-21-3-5-25-23(13-21)22(18(14-27)16-29-25)8-11-30-9-6-19(7-10-30)28-15-17-12-20(31(32)33)2-4-24(17)26/h2-5,12-13,16,19,28H,6-11,15H2,1H3. The van der Waals surface area contributed by atoms with Gasteiger partial charge in [-0.1, -0.05) is 0 Å². The maximum absolute atomic E-state index is 14.0. The number of piperidine rings is 1. The second-order valence-electron chi connectivity index (χ2n) is 8.42. The van der Waals surface area contributed by atoms with Gasteiger partial charge in [0.2, 0.25) is 0 Å². The first kappa shape index (κ1) is 23.5. The second-order valence-corrected chi connectivity index (χ2v) is 8.42. The number of nitriles is 1. The van der Waals surface area contributed by atoms with Gasteiger partial charge in [-0.2, -0.15) is 5.26 Å². The molecule has 0 bridgehead atoms. The van der Waals surface area contributed by atoms with Crippen molar-refractivity contribution in [2.75, 3.05) is 26.7 Å². The molecule has 9 heteroatoms. The Morgan fingerprint density at radius 2 is 2.09 bits per heavy atom. The number of nitrogens with zero attached hydrogens (tertiary/aromatic N) is 4. The Balaban J connectivity index is 1.34. The highest BCUT2D eigenvalue weighted by Gasteiger charge is 2.20. The van der Waals surface area contributed by atoms with E-state index in [0.717, 1.165) is 67.2 Å². The van der Waals surface area contributed by atoms with Crippen LogP contribution in [0.1, 0.15) is 29.5 Å². The highest BCUT2D eigenvalue weighted by molar-refractivity contribution is 5.85. The van der Waals surface area contributed by atoms with Crippen LogP contribution in [0.2, 0.25) is 0 Å². The average molecular weight is 464 g/mol. The van der Waals surface area contributed by atoms with Gasteiger partial charge >= 0.3 is 0 Å².